The second-order valence-corrected chi connectivity index (χ2v) is 8.80. The molecule has 0 heterocycles. The third-order valence-corrected chi connectivity index (χ3v) is 6.00. The van der Waals surface area contributed by atoms with Crippen molar-refractivity contribution in [1.29, 1.82) is 0 Å². The molecule has 0 fully saturated rings. The summed E-state index contributed by atoms with van der Waals surface area (Å²) in [4.78, 5) is 0. The van der Waals surface area contributed by atoms with Crippen LogP contribution in [0.4, 0.5) is 0 Å². The zero-order valence-corrected chi connectivity index (χ0v) is 21.5. The van der Waals surface area contributed by atoms with E-state index in [0.717, 1.165) is 44.9 Å². The molecule has 0 atom stereocenters. The number of benzene rings is 4. The summed E-state index contributed by atoms with van der Waals surface area (Å²) in [5.74, 6) is 8.40. The molecule has 0 saturated carbocycles. The molecule has 0 aliphatic rings. The molecule has 4 aromatic rings. The normalized spacial score (nSPS) is 11.4. The fourth-order valence-corrected chi connectivity index (χ4v) is 3.76. The van der Waals surface area contributed by atoms with Crippen LogP contribution in [0.1, 0.15) is 22.3 Å². The van der Waals surface area contributed by atoms with Crippen LogP contribution < -0.4 is 9.47 Å². The van der Waals surface area contributed by atoms with E-state index in [2.05, 4.69) is 17.9 Å². The molecule has 4 aromatic carbocycles. The summed E-state index contributed by atoms with van der Waals surface area (Å²) in [5.41, 5.74) is 5.72. The van der Waals surface area contributed by atoms with Crippen LogP contribution in [0.2, 0.25) is 10.0 Å². The number of hydrogen-bond acceptors (Lipinski definition) is 2. The minimum absolute atomic E-state index is 0.677. The van der Waals surface area contributed by atoms with Gasteiger partial charge in [-0.15, -0.1) is 0 Å². The van der Waals surface area contributed by atoms with Gasteiger partial charge in [-0.1, -0.05) is 83.6 Å². The van der Waals surface area contributed by atoms with E-state index >= 15 is 0 Å². The first kappa shape index (κ1) is 25.2. The van der Waals surface area contributed by atoms with Gasteiger partial charge in [-0.3, -0.25) is 0 Å². The van der Waals surface area contributed by atoms with Crippen molar-refractivity contribution >= 4 is 46.5 Å². The highest BCUT2D eigenvalue weighted by atomic mass is 35.5. The zero-order valence-electron chi connectivity index (χ0n) is 20.0. The van der Waals surface area contributed by atoms with Crippen molar-refractivity contribution in [3.05, 3.63) is 129 Å². The van der Waals surface area contributed by atoms with E-state index < -0.39 is 0 Å². The van der Waals surface area contributed by atoms with Crippen molar-refractivity contribution in [3.8, 4) is 23.3 Å². The third-order valence-electron chi connectivity index (χ3n) is 5.50. The van der Waals surface area contributed by atoms with Gasteiger partial charge < -0.3 is 9.47 Å². The van der Waals surface area contributed by atoms with Crippen molar-refractivity contribution < 1.29 is 9.47 Å². The highest BCUT2D eigenvalue weighted by Gasteiger charge is 2.04. The molecular formula is C32H24Cl2O2. The van der Waals surface area contributed by atoms with E-state index in [0.29, 0.717) is 10.0 Å². The van der Waals surface area contributed by atoms with Gasteiger partial charge in [0.05, 0.1) is 14.2 Å². The molecule has 0 amide bonds. The largest absolute Gasteiger partial charge is 0.497 e. The Balaban J connectivity index is 1.81. The summed E-state index contributed by atoms with van der Waals surface area (Å²) >= 11 is 12.2. The number of hydrogen-bond donors (Lipinski definition) is 0. The zero-order chi connectivity index (χ0) is 25.3. The van der Waals surface area contributed by atoms with Crippen LogP contribution in [0.15, 0.2) is 97.1 Å². The van der Waals surface area contributed by atoms with Gasteiger partial charge in [-0.25, -0.2) is 0 Å². The molecule has 178 valence electrons. The van der Waals surface area contributed by atoms with Gasteiger partial charge in [-0.05, 0) is 82.9 Å². The third kappa shape index (κ3) is 6.83. The lowest BCUT2D eigenvalue weighted by Gasteiger charge is -2.06. The number of rotatable bonds is 6. The van der Waals surface area contributed by atoms with E-state index in [-0.39, 0.29) is 0 Å². The van der Waals surface area contributed by atoms with Gasteiger partial charge in [0.1, 0.15) is 11.5 Å². The summed E-state index contributed by atoms with van der Waals surface area (Å²) < 4.78 is 10.6. The fraction of sp³-hybridized carbons (Fsp3) is 0.0625. The maximum Gasteiger partial charge on any atom is 0.118 e. The molecule has 0 radical (unpaired) electrons. The molecule has 0 unspecified atom stereocenters. The van der Waals surface area contributed by atoms with E-state index in [4.69, 9.17) is 32.7 Å². The van der Waals surface area contributed by atoms with Gasteiger partial charge in [0.2, 0.25) is 0 Å². The molecule has 4 rings (SSSR count). The standard InChI is InChI=1S/C32H24Cl2O2/c1-35-31-17-5-24(6-18-31)22-28(26-11-19-32(36-2)20-12-26)8-7-27(25-9-15-30(34)16-10-25)21-23-3-13-29(33)14-4-23/h3-6,9-22H,1-2H3/b27-21+,28-22+. The first-order chi connectivity index (χ1) is 17.5. The maximum absolute atomic E-state index is 6.14. The number of allylic oxidation sites excluding steroid dienone is 2. The summed E-state index contributed by atoms with van der Waals surface area (Å²) in [6.45, 7) is 0. The molecule has 0 aliphatic carbocycles. The summed E-state index contributed by atoms with van der Waals surface area (Å²) in [6, 6.07) is 31.1. The smallest absolute Gasteiger partial charge is 0.118 e. The van der Waals surface area contributed by atoms with Gasteiger partial charge >= 0.3 is 0 Å². The molecule has 0 saturated heterocycles. The minimum atomic E-state index is 0.677. The molecule has 36 heavy (non-hydrogen) atoms. The van der Waals surface area contributed by atoms with Crippen LogP contribution in [0.3, 0.4) is 0 Å². The second kappa shape index (κ2) is 12.2. The number of methoxy groups -OCH3 is 2. The van der Waals surface area contributed by atoms with Crippen LogP contribution in [0.5, 0.6) is 11.5 Å². The highest BCUT2D eigenvalue weighted by molar-refractivity contribution is 6.31. The van der Waals surface area contributed by atoms with Gasteiger partial charge in [0, 0.05) is 21.2 Å². The molecule has 0 aliphatic heterocycles. The molecular weight excluding hydrogens is 487 g/mol. The van der Waals surface area contributed by atoms with Gasteiger partial charge in [0.15, 0.2) is 0 Å². The number of ether oxygens (including phenoxy) is 2. The maximum atomic E-state index is 6.14. The van der Waals surface area contributed by atoms with Gasteiger partial charge in [-0.2, -0.15) is 0 Å². The predicted octanol–water partition coefficient (Wildman–Crippen LogP) is 8.80. The summed E-state index contributed by atoms with van der Waals surface area (Å²) in [5, 5.41) is 1.37. The van der Waals surface area contributed by atoms with Crippen molar-refractivity contribution in [3.63, 3.8) is 0 Å². The first-order valence-corrected chi connectivity index (χ1v) is 12.0. The Morgan fingerprint density at radius 1 is 0.528 bits per heavy atom. The SMILES string of the molecule is COc1ccc(/C=C(\C#C/C(=C\c2ccc(Cl)cc2)c2ccc(Cl)cc2)c2ccc(OC)cc2)cc1. The lowest BCUT2D eigenvalue weighted by molar-refractivity contribution is 0.414. The molecule has 0 spiro atoms. The van der Waals surface area contributed by atoms with Crippen molar-refractivity contribution in [1.82, 2.24) is 0 Å². The summed E-state index contributed by atoms with van der Waals surface area (Å²) in [7, 11) is 3.31. The van der Waals surface area contributed by atoms with E-state index in [1.54, 1.807) is 14.2 Å². The Kier molecular flexibility index (Phi) is 8.53. The topological polar surface area (TPSA) is 18.5 Å². The van der Waals surface area contributed by atoms with Crippen LogP contribution >= 0.6 is 23.2 Å². The highest BCUT2D eigenvalue weighted by Crippen LogP contribution is 2.25. The average molecular weight is 511 g/mol. The Hall–Kier alpha value is -3.90. The van der Waals surface area contributed by atoms with Crippen LogP contribution in [0.25, 0.3) is 23.3 Å². The Morgan fingerprint density at radius 3 is 1.28 bits per heavy atom. The Morgan fingerprint density at radius 2 is 0.861 bits per heavy atom. The van der Waals surface area contributed by atoms with E-state index in [1.165, 1.54) is 0 Å². The number of halogens is 2. The lowest BCUT2D eigenvalue weighted by atomic mass is 10.00. The predicted molar refractivity (Wildman–Crippen MR) is 152 cm³/mol. The summed E-state index contributed by atoms with van der Waals surface area (Å²) in [6.07, 6.45) is 4.11. The Labute approximate surface area is 222 Å². The van der Waals surface area contributed by atoms with Crippen LogP contribution in [-0.4, -0.2) is 14.2 Å². The minimum Gasteiger partial charge on any atom is -0.497 e. The van der Waals surface area contributed by atoms with E-state index in [9.17, 15) is 0 Å². The second-order valence-electron chi connectivity index (χ2n) is 7.93. The van der Waals surface area contributed by atoms with Crippen LogP contribution in [0, 0.1) is 11.8 Å². The molecule has 2 nitrogen and oxygen atoms in total. The van der Waals surface area contributed by atoms with Crippen molar-refractivity contribution in [2.75, 3.05) is 14.2 Å². The average Bonchev–Trinajstić information content (AvgIpc) is 2.92. The lowest BCUT2D eigenvalue weighted by Crippen LogP contribution is -1.87. The fourth-order valence-electron chi connectivity index (χ4n) is 3.51. The molecule has 0 N–H and O–H groups in total. The Bertz CT molecular complexity index is 1420. The van der Waals surface area contributed by atoms with Gasteiger partial charge in [0.25, 0.3) is 0 Å². The molecule has 0 bridgehead atoms. The van der Waals surface area contributed by atoms with Crippen LogP contribution in [-0.2, 0) is 0 Å². The molecule has 0 aromatic heterocycles. The molecule has 4 heteroatoms. The van der Waals surface area contributed by atoms with E-state index in [1.807, 2.05) is 103 Å². The first-order valence-electron chi connectivity index (χ1n) is 11.3. The monoisotopic (exact) mass is 510 g/mol. The van der Waals surface area contributed by atoms with Crippen molar-refractivity contribution in [2.45, 2.75) is 0 Å². The quantitative estimate of drug-likeness (QED) is 0.190. The van der Waals surface area contributed by atoms with Crippen molar-refractivity contribution in [2.24, 2.45) is 0 Å².